The van der Waals surface area contributed by atoms with Crippen LogP contribution in [-0.2, 0) is 0 Å². The van der Waals surface area contributed by atoms with Crippen LogP contribution in [0, 0.1) is 16.7 Å². The van der Waals surface area contributed by atoms with Crippen LogP contribution >= 0.6 is 23.2 Å². The van der Waals surface area contributed by atoms with Gasteiger partial charge in [0.25, 0.3) is 0 Å². The third-order valence-corrected chi connectivity index (χ3v) is 2.33. The highest BCUT2D eigenvalue weighted by molar-refractivity contribution is 6.37. The second-order valence-corrected chi connectivity index (χ2v) is 3.78. The normalized spacial score (nSPS) is 10.4. The summed E-state index contributed by atoms with van der Waals surface area (Å²) in [6.45, 7) is 1.97. The Hall–Kier alpha value is -1.37. The summed E-state index contributed by atoms with van der Waals surface area (Å²) in [6.07, 6.45) is 4.40. The van der Waals surface area contributed by atoms with Crippen LogP contribution < -0.4 is 0 Å². The number of aromatic nitrogens is 1. The van der Waals surface area contributed by atoms with Gasteiger partial charge < -0.3 is 0 Å². The smallest absolute Gasteiger partial charge is 0.143 e. The maximum Gasteiger partial charge on any atom is 0.143 e. The summed E-state index contributed by atoms with van der Waals surface area (Å²) >= 11 is 11.7. The average Bonchev–Trinajstić information content (AvgIpc) is 2.24. The molecule has 0 fully saturated rings. The van der Waals surface area contributed by atoms with Gasteiger partial charge in [-0.05, 0) is 18.6 Å². The number of pyridine rings is 1. The molecular weight excluding hydrogens is 245 g/mol. The van der Waals surface area contributed by atoms with Gasteiger partial charge in [0, 0.05) is 0 Å². The van der Waals surface area contributed by atoms with Crippen LogP contribution in [-0.4, -0.2) is 10.7 Å². The van der Waals surface area contributed by atoms with Crippen molar-refractivity contribution in [1.82, 2.24) is 4.98 Å². The second-order valence-electron chi connectivity index (χ2n) is 2.98. The Labute approximate surface area is 104 Å². The molecule has 0 saturated heterocycles. The van der Waals surface area contributed by atoms with E-state index < -0.39 is 0 Å². The van der Waals surface area contributed by atoms with Crippen molar-refractivity contribution in [2.24, 2.45) is 0 Å². The van der Waals surface area contributed by atoms with Crippen molar-refractivity contribution in [1.29, 1.82) is 10.7 Å². The Morgan fingerprint density at radius 2 is 2.31 bits per heavy atom. The third kappa shape index (κ3) is 2.82. The topological polar surface area (TPSA) is 60.5 Å². The lowest BCUT2D eigenvalue weighted by atomic mass is 10.1. The highest BCUT2D eigenvalue weighted by atomic mass is 35.5. The van der Waals surface area contributed by atoms with Gasteiger partial charge in [-0.25, -0.2) is 4.98 Å². The molecule has 0 aliphatic heterocycles. The van der Waals surface area contributed by atoms with Gasteiger partial charge in [0.2, 0.25) is 0 Å². The van der Waals surface area contributed by atoms with Crippen LogP contribution in [0.15, 0.2) is 12.1 Å². The zero-order chi connectivity index (χ0) is 12.1. The molecule has 0 unspecified atom stereocenters. The van der Waals surface area contributed by atoms with Gasteiger partial charge in [0.1, 0.15) is 16.9 Å². The summed E-state index contributed by atoms with van der Waals surface area (Å²) in [5.74, 6) is 0. The molecule has 1 aromatic rings. The van der Waals surface area contributed by atoms with Crippen LogP contribution in [0.25, 0.3) is 6.08 Å². The number of hydrogen-bond acceptors (Lipinski definition) is 3. The molecule has 0 aliphatic carbocycles. The summed E-state index contributed by atoms with van der Waals surface area (Å²) in [7, 11) is 0. The Morgan fingerprint density at radius 1 is 1.62 bits per heavy atom. The first-order valence-corrected chi connectivity index (χ1v) is 5.37. The van der Waals surface area contributed by atoms with Gasteiger partial charge in [-0.15, -0.1) is 0 Å². The lowest BCUT2D eigenvalue weighted by Crippen LogP contribution is -2.02. The van der Waals surface area contributed by atoms with Gasteiger partial charge in [0.15, 0.2) is 0 Å². The van der Waals surface area contributed by atoms with E-state index >= 15 is 0 Å². The molecule has 0 spiro atoms. The van der Waals surface area contributed by atoms with Gasteiger partial charge in [-0.1, -0.05) is 36.2 Å². The van der Waals surface area contributed by atoms with Crippen molar-refractivity contribution in [3.8, 4) is 6.07 Å². The molecule has 0 bridgehead atoms. The van der Waals surface area contributed by atoms with E-state index in [9.17, 15) is 0 Å². The van der Waals surface area contributed by atoms with Crippen LogP contribution in [0.5, 0.6) is 0 Å². The first-order valence-electron chi connectivity index (χ1n) is 4.61. The predicted molar refractivity (Wildman–Crippen MR) is 66.0 cm³/mol. The lowest BCUT2D eigenvalue weighted by molar-refractivity contribution is 1.22. The highest BCUT2D eigenvalue weighted by Crippen LogP contribution is 2.24. The largest absolute Gasteiger partial charge is 0.290 e. The zero-order valence-electron chi connectivity index (χ0n) is 8.59. The summed E-state index contributed by atoms with van der Waals surface area (Å²) < 4.78 is 0. The number of allylic oxidation sites excluding steroid dienone is 1. The van der Waals surface area contributed by atoms with Crippen LogP contribution in [0.4, 0.5) is 0 Å². The van der Waals surface area contributed by atoms with E-state index in [0.717, 1.165) is 6.42 Å². The summed E-state index contributed by atoms with van der Waals surface area (Å²) in [5, 5.41) is 16.7. The zero-order valence-corrected chi connectivity index (χ0v) is 10.1. The van der Waals surface area contributed by atoms with Crippen molar-refractivity contribution < 1.29 is 0 Å². The first kappa shape index (κ1) is 12.7. The van der Waals surface area contributed by atoms with E-state index in [1.165, 1.54) is 6.07 Å². The van der Waals surface area contributed by atoms with Gasteiger partial charge >= 0.3 is 0 Å². The minimum Gasteiger partial charge on any atom is -0.290 e. The molecule has 0 aromatic carbocycles. The minimum atomic E-state index is -0.218. The average molecular weight is 254 g/mol. The third-order valence-electron chi connectivity index (χ3n) is 1.84. The van der Waals surface area contributed by atoms with E-state index in [1.807, 2.05) is 13.0 Å². The number of nitriles is 1. The van der Waals surface area contributed by atoms with Gasteiger partial charge in [0.05, 0.1) is 16.3 Å². The summed E-state index contributed by atoms with van der Waals surface area (Å²) in [6, 6.07) is 3.16. The summed E-state index contributed by atoms with van der Waals surface area (Å²) in [5.41, 5.74) is 0.550. The monoisotopic (exact) mass is 253 g/mol. The first-order chi connectivity index (χ1) is 7.60. The number of halogens is 2. The van der Waals surface area contributed by atoms with Crippen LogP contribution in [0.2, 0.25) is 10.2 Å². The molecule has 16 heavy (non-hydrogen) atoms. The van der Waals surface area contributed by atoms with Crippen LogP contribution in [0.3, 0.4) is 0 Å². The molecule has 3 nitrogen and oxygen atoms in total. The molecule has 82 valence electrons. The van der Waals surface area contributed by atoms with Crippen molar-refractivity contribution >= 4 is 35.0 Å². The fourth-order valence-electron chi connectivity index (χ4n) is 1.16. The Balaban J connectivity index is 3.39. The maximum atomic E-state index is 8.71. The molecule has 1 heterocycles. The molecule has 0 atom stereocenters. The quantitative estimate of drug-likeness (QED) is 0.660. The van der Waals surface area contributed by atoms with Crippen molar-refractivity contribution in [2.45, 2.75) is 13.3 Å². The molecule has 0 amide bonds. The molecule has 5 heteroatoms. The van der Waals surface area contributed by atoms with E-state index in [0.29, 0.717) is 11.3 Å². The molecule has 1 N–H and O–H groups in total. The molecular formula is C11H9Cl2N3. The lowest BCUT2D eigenvalue weighted by Gasteiger charge is -2.05. The van der Waals surface area contributed by atoms with Gasteiger partial charge in [-0.3, -0.25) is 5.41 Å². The predicted octanol–water partition coefficient (Wildman–Crippen LogP) is 3.70. The number of nitrogens with zero attached hydrogens (tertiary/aromatic N) is 2. The number of hydrogen-bond donors (Lipinski definition) is 1. The highest BCUT2D eigenvalue weighted by Gasteiger charge is 2.13. The van der Waals surface area contributed by atoms with E-state index in [1.54, 1.807) is 12.1 Å². The van der Waals surface area contributed by atoms with Crippen molar-refractivity contribution in [3.63, 3.8) is 0 Å². The van der Waals surface area contributed by atoms with Crippen LogP contribution in [0.1, 0.15) is 24.6 Å². The maximum absolute atomic E-state index is 8.71. The van der Waals surface area contributed by atoms with E-state index in [4.69, 9.17) is 33.9 Å². The number of nitrogens with one attached hydrogen (secondary N) is 1. The molecule has 0 radical (unpaired) electrons. The Kier molecular flexibility index (Phi) is 4.48. The van der Waals surface area contributed by atoms with E-state index in [2.05, 4.69) is 4.98 Å². The fourth-order valence-corrected chi connectivity index (χ4v) is 1.71. The van der Waals surface area contributed by atoms with Gasteiger partial charge in [-0.2, -0.15) is 5.26 Å². The van der Waals surface area contributed by atoms with Crippen molar-refractivity contribution in [3.05, 3.63) is 33.6 Å². The molecule has 0 saturated carbocycles. The fraction of sp³-hybridized carbons (Fsp3) is 0.182. The second kappa shape index (κ2) is 5.64. The molecule has 1 rings (SSSR count). The molecule has 1 aromatic heterocycles. The molecule has 0 aliphatic rings. The Bertz CT molecular complexity index is 487. The number of rotatable bonds is 3. The van der Waals surface area contributed by atoms with Crippen molar-refractivity contribution in [2.75, 3.05) is 0 Å². The standard InChI is InChI=1S/C11H9Cl2N3/c1-2-3-4-9-11(8(15)6-14)7(12)5-10(13)16-9/h3-5,15H,2H2,1H3/b4-3-,15-8?. The SMILES string of the molecule is CC/C=C\c1nc(Cl)cc(Cl)c1C(=N)C#N. The van der Waals surface area contributed by atoms with E-state index in [-0.39, 0.29) is 15.9 Å². The summed E-state index contributed by atoms with van der Waals surface area (Å²) in [4.78, 5) is 4.04. The Morgan fingerprint density at radius 3 is 2.88 bits per heavy atom. The minimum absolute atomic E-state index is 0.218.